The smallest absolute Gasteiger partial charge is 0.141 e. The lowest BCUT2D eigenvalue weighted by atomic mass is 9.82. The minimum Gasteiger partial charge on any atom is -0.494 e. The van der Waals surface area contributed by atoms with Crippen molar-refractivity contribution in [3.8, 4) is 17.0 Å². The predicted molar refractivity (Wildman–Crippen MR) is 107 cm³/mol. The number of aliphatic hydroxyl groups is 1. The molecule has 1 aliphatic rings. The van der Waals surface area contributed by atoms with Crippen LogP contribution in [0.15, 0.2) is 24.3 Å². The minimum atomic E-state index is -0.00917. The Hall–Kier alpha value is -2.34. The molecule has 1 fully saturated rings. The van der Waals surface area contributed by atoms with Gasteiger partial charge in [0, 0.05) is 18.1 Å². The van der Waals surface area contributed by atoms with Crippen molar-refractivity contribution < 1.29 is 9.84 Å². The van der Waals surface area contributed by atoms with Gasteiger partial charge in [-0.1, -0.05) is 25.5 Å². The normalized spacial score (nSPS) is 19.8. The molecule has 0 amide bonds. The molecule has 1 aromatic heterocycles. The highest BCUT2D eigenvalue weighted by atomic mass is 16.5. The van der Waals surface area contributed by atoms with Crippen molar-refractivity contribution in [3.05, 3.63) is 35.8 Å². The van der Waals surface area contributed by atoms with Crippen LogP contribution in [-0.2, 0) is 0 Å². The molecule has 146 valence electrons. The first kappa shape index (κ1) is 19.4. The third-order valence-electron chi connectivity index (χ3n) is 5.36. The first-order valence-corrected chi connectivity index (χ1v) is 9.90. The number of nitrogens with one attached hydrogen (secondary N) is 2. The van der Waals surface area contributed by atoms with E-state index in [9.17, 15) is 5.11 Å². The van der Waals surface area contributed by atoms with E-state index in [0.29, 0.717) is 29.8 Å². The Labute approximate surface area is 160 Å². The topological polar surface area (TPSA) is 108 Å². The third-order valence-corrected chi connectivity index (χ3v) is 5.36. The summed E-state index contributed by atoms with van der Waals surface area (Å²) in [4.78, 5) is 8.11. The fourth-order valence-electron chi connectivity index (χ4n) is 3.67. The summed E-state index contributed by atoms with van der Waals surface area (Å²) in [5, 5.41) is 17.3. The van der Waals surface area contributed by atoms with Crippen molar-refractivity contribution in [3.63, 3.8) is 0 Å². The second-order valence-corrected chi connectivity index (χ2v) is 7.39. The van der Waals surface area contributed by atoms with Crippen LogP contribution < -0.4 is 10.5 Å². The number of unbranched alkanes of at least 4 members (excludes halogenated alkanes) is 1. The molecule has 1 saturated carbocycles. The molecule has 6 nitrogen and oxygen atoms in total. The van der Waals surface area contributed by atoms with E-state index in [1.165, 1.54) is 0 Å². The fourth-order valence-corrected chi connectivity index (χ4v) is 3.67. The van der Waals surface area contributed by atoms with Crippen molar-refractivity contribution in [2.24, 2.45) is 11.7 Å². The molecule has 6 heteroatoms. The standard InChI is InChI=1S/C21H30N4O2/c1-2-3-11-27-17-6-4-5-16(12-17)18-19(20(22)23)25-21(24-18)15-9-7-14(13-26)8-10-15/h4-6,12,14-15,26H,2-3,7-11,13H2,1H3,(H3,22,23)(H,24,25). The number of hydrogen-bond donors (Lipinski definition) is 4. The molecular formula is C21H30N4O2. The molecule has 0 bridgehead atoms. The Morgan fingerprint density at radius 3 is 2.78 bits per heavy atom. The SMILES string of the molecule is CCCCOc1cccc(-c2nc(C3CCC(CO)CC3)[nH]c2C(=N)N)c1. The van der Waals surface area contributed by atoms with E-state index >= 15 is 0 Å². The quantitative estimate of drug-likeness (QED) is 0.322. The average Bonchev–Trinajstić information content (AvgIpc) is 3.14. The van der Waals surface area contributed by atoms with Crippen LogP contribution in [0.25, 0.3) is 11.3 Å². The van der Waals surface area contributed by atoms with Gasteiger partial charge in [-0.2, -0.15) is 0 Å². The van der Waals surface area contributed by atoms with Gasteiger partial charge in [0.2, 0.25) is 0 Å². The van der Waals surface area contributed by atoms with Gasteiger partial charge < -0.3 is 20.6 Å². The first-order chi connectivity index (χ1) is 13.1. The van der Waals surface area contributed by atoms with Crippen LogP contribution in [0.5, 0.6) is 5.75 Å². The highest BCUT2D eigenvalue weighted by Gasteiger charge is 2.26. The average molecular weight is 370 g/mol. The van der Waals surface area contributed by atoms with E-state index in [2.05, 4.69) is 11.9 Å². The van der Waals surface area contributed by atoms with Gasteiger partial charge in [0.05, 0.1) is 12.3 Å². The Morgan fingerprint density at radius 2 is 2.11 bits per heavy atom. The molecule has 0 atom stereocenters. The van der Waals surface area contributed by atoms with Crippen molar-refractivity contribution in [1.82, 2.24) is 9.97 Å². The monoisotopic (exact) mass is 370 g/mol. The molecule has 0 aliphatic heterocycles. The molecule has 3 rings (SSSR count). The maximum Gasteiger partial charge on any atom is 0.141 e. The maximum atomic E-state index is 9.34. The zero-order chi connectivity index (χ0) is 19.2. The summed E-state index contributed by atoms with van der Waals surface area (Å²) in [6.07, 6.45) is 6.12. The number of hydrogen-bond acceptors (Lipinski definition) is 4. The molecule has 0 spiro atoms. The fraction of sp³-hybridized carbons (Fsp3) is 0.524. The molecular weight excluding hydrogens is 340 g/mol. The number of rotatable bonds is 8. The summed E-state index contributed by atoms with van der Waals surface area (Å²) < 4.78 is 5.81. The van der Waals surface area contributed by atoms with Gasteiger partial charge in [-0.3, -0.25) is 5.41 Å². The van der Waals surface area contributed by atoms with Gasteiger partial charge in [0.1, 0.15) is 23.1 Å². The minimum absolute atomic E-state index is 0.00917. The zero-order valence-electron chi connectivity index (χ0n) is 16.0. The van der Waals surface area contributed by atoms with Crippen molar-refractivity contribution in [2.75, 3.05) is 13.2 Å². The lowest BCUT2D eigenvalue weighted by molar-refractivity contribution is 0.181. The second kappa shape index (κ2) is 9.04. The predicted octanol–water partition coefficient (Wildman–Crippen LogP) is 3.81. The molecule has 27 heavy (non-hydrogen) atoms. The Morgan fingerprint density at radius 1 is 1.33 bits per heavy atom. The number of nitrogen functional groups attached to an aromatic ring is 1. The van der Waals surface area contributed by atoms with Crippen LogP contribution in [0, 0.1) is 11.3 Å². The zero-order valence-corrected chi connectivity index (χ0v) is 16.0. The number of benzene rings is 1. The largest absolute Gasteiger partial charge is 0.494 e. The summed E-state index contributed by atoms with van der Waals surface area (Å²) in [6.45, 7) is 3.09. The Balaban J connectivity index is 1.84. The van der Waals surface area contributed by atoms with E-state index in [-0.39, 0.29) is 12.4 Å². The van der Waals surface area contributed by atoms with Crippen LogP contribution in [0.2, 0.25) is 0 Å². The van der Waals surface area contributed by atoms with Crippen LogP contribution >= 0.6 is 0 Å². The number of nitrogens with zero attached hydrogens (tertiary/aromatic N) is 1. The number of nitrogens with two attached hydrogens (primary N) is 1. The Kier molecular flexibility index (Phi) is 6.50. The number of imidazole rings is 1. The number of H-pyrrole nitrogens is 1. The van der Waals surface area contributed by atoms with Gasteiger partial charge in [0.15, 0.2) is 0 Å². The molecule has 0 saturated heterocycles. The molecule has 0 unspecified atom stereocenters. The third kappa shape index (κ3) is 4.69. The van der Waals surface area contributed by atoms with Gasteiger partial charge in [-0.05, 0) is 50.2 Å². The number of aliphatic hydroxyl groups excluding tert-OH is 1. The van der Waals surface area contributed by atoms with Crippen molar-refractivity contribution in [2.45, 2.75) is 51.4 Å². The second-order valence-electron chi connectivity index (χ2n) is 7.39. The van der Waals surface area contributed by atoms with Gasteiger partial charge in [-0.15, -0.1) is 0 Å². The van der Waals surface area contributed by atoms with Gasteiger partial charge in [0.25, 0.3) is 0 Å². The lowest BCUT2D eigenvalue weighted by Crippen LogP contribution is -2.17. The molecule has 5 N–H and O–H groups in total. The summed E-state index contributed by atoms with van der Waals surface area (Å²) in [5.74, 6) is 2.42. The van der Waals surface area contributed by atoms with Crippen LogP contribution in [0.4, 0.5) is 0 Å². The molecule has 2 aromatic rings. The van der Waals surface area contributed by atoms with E-state index < -0.39 is 0 Å². The van der Waals surface area contributed by atoms with Gasteiger partial charge >= 0.3 is 0 Å². The van der Waals surface area contributed by atoms with Crippen molar-refractivity contribution in [1.29, 1.82) is 5.41 Å². The number of aromatic amines is 1. The van der Waals surface area contributed by atoms with Crippen LogP contribution in [0.3, 0.4) is 0 Å². The van der Waals surface area contributed by atoms with E-state index in [1.807, 2.05) is 24.3 Å². The number of amidine groups is 1. The van der Waals surface area contributed by atoms with E-state index in [4.69, 9.17) is 20.9 Å². The van der Waals surface area contributed by atoms with Crippen molar-refractivity contribution >= 4 is 5.84 Å². The van der Waals surface area contributed by atoms with Crippen LogP contribution in [0.1, 0.15) is 62.9 Å². The summed E-state index contributed by atoms with van der Waals surface area (Å²) in [7, 11) is 0. The Bertz CT molecular complexity index is 763. The van der Waals surface area contributed by atoms with E-state index in [0.717, 1.165) is 55.7 Å². The van der Waals surface area contributed by atoms with Crippen LogP contribution in [-0.4, -0.2) is 34.1 Å². The summed E-state index contributed by atoms with van der Waals surface area (Å²) in [6, 6.07) is 7.82. The lowest BCUT2D eigenvalue weighted by Gasteiger charge is -2.25. The maximum absolute atomic E-state index is 9.34. The summed E-state index contributed by atoms with van der Waals surface area (Å²) in [5.41, 5.74) is 8.01. The number of ether oxygens (including phenoxy) is 1. The highest BCUT2D eigenvalue weighted by molar-refractivity contribution is 5.99. The number of aromatic nitrogens is 2. The molecule has 1 aliphatic carbocycles. The van der Waals surface area contributed by atoms with E-state index in [1.54, 1.807) is 0 Å². The summed E-state index contributed by atoms with van der Waals surface area (Å²) >= 11 is 0. The highest BCUT2D eigenvalue weighted by Crippen LogP contribution is 2.36. The molecule has 0 radical (unpaired) electrons. The van der Waals surface area contributed by atoms with Gasteiger partial charge in [-0.25, -0.2) is 4.98 Å². The first-order valence-electron chi connectivity index (χ1n) is 9.90. The molecule has 1 aromatic carbocycles. The molecule has 1 heterocycles.